The fraction of sp³-hybridized carbons (Fsp3) is 0.500. The summed E-state index contributed by atoms with van der Waals surface area (Å²) in [5, 5.41) is 0. The third-order valence-electron chi connectivity index (χ3n) is 3.13. The molecule has 0 aromatic heterocycles. The first kappa shape index (κ1) is 13.5. The molecule has 0 aliphatic carbocycles. The summed E-state index contributed by atoms with van der Waals surface area (Å²) >= 11 is 0. The predicted molar refractivity (Wildman–Crippen MR) is 76.3 cm³/mol. The van der Waals surface area contributed by atoms with Crippen LogP contribution in [0.25, 0.3) is 0 Å². The Morgan fingerprint density at radius 2 is 1.74 bits per heavy atom. The van der Waals surface area contributed by atoms with Gasteiger partial charge in [0, 0.05) is 37.6 Å². The molecule has 0 atom stereocenters. The van der Waals surface area contributed by atoms with Crippen molar-refractivity contribution in [2.45, 2.75) is 20.0 Å². The zero-order chi connectivity index (χ0) is 13.8. The molecule has 0 unspecified atom stereocenters. The van der Waals surface area contributed by atoms with Gasteiger partial charge in [-0.25, -0.2) is 4.79 Å². The van der Waals surface area contributed by atoms with Crippen LogP contribution in [0.5, 0.6) is 0 Å². The van der Waals surface area contributed by atoms with Gasteiger partial charge in [-0.2, -0.15) is 0 Å². The Hall–Kier alpha value is -1.91. The van der Waals surface area contributed by atoms with Crippen LogP contribution in [0, 0.1) is 0 Å². The highest BCUT2D eigenvalue weighted by atomic mass is 16.6. The highest BCUT2D eigenvalue weighted by Crippen LogP contribution is 2.18. The summed E-state index contributed by atoms with van der Waals surface area (Å²) in [6, 6.07) is 7.82. The van der Waals surface area contributed by atoms with Gasteiger partial charge in [0.2, 0.25) is 0 Å². The molecule has 1 heterocycles. The molecule has 1 saturated heterocycles. The van der Waals surface area contributed by atoms with Crippen molar-refractivity contribution >= 4 is 17.5 Å². The van der Waals surface area contributed by atoms with Crippen LogP contribution in [0.15, 0.2) is 24.3 Å². The second-order valence-corrected chi connectivity index (χ2v) is 5.00. The Morgan fingerprint density at radius 3 is 2.26 bits per heavy atom. The number of carbonyl (C=O) groups is 1. The molecule has 104 valence electrons. The van der Waals surface area contributed by atoms with Crippen LogP contribution in [0.3, 0.4) is 0 Å². The molecule has 0 bridgehead atoms. The normalized spacial score (nSPS) is 15.7. The third kappa shape index (κ3) is 3.53. The lowest BCUT2D eigenvalue weighted by atomic mass is 10.2. The zero-order valence-electron chi connectivity index (χ0n) is 11.5. The van der Waals surface area contributed by atoms with E-state index in [4.69, 9.17) is 10.5 Å². The predicted octanol–water partition coefficient (Wildman–Crippen LogP) is 1.94. The van der Waals surface area contributed by atoms with Crippen LogP contribution in [0.4, 0.5) is 16.2 Å². The highest BCUT2D eigenvalue weighted by Gasteiger charge is 2.22. The van der Waals surface area contributed by atoms with E-state index in [0.717, 1.165) is 24.5 Å². The van der Waals surface area contributed by atoms with E-state index in [1.807, 2.05) is 38.1 Å². The van der Waals surface area contributed by atoms with E-state index in [1.54, 1.807) is 4.90 Å². The van der Waals surface area contributed by atoms with Gasteiger partial charge in [0.15, 0.2) is 0 Å². The Labute approximate surface area is 113 Å². The van der Waals surface area contributed by atoms with Gasteiger partial charge in [-0.3, -0.25) is 0 Å². The molecule has 0 saturated carbocycles. The van der Waals surface area contributed by atoms with Crippen LogP contribution in [-0.2, 0) is 4.74 Å². The molecule has 1 aromatic carbocycles. The number of hydrogen-bond donors (Lipinski definition) is 1. The SMILES string of the molecule is CC(C)OC(=O)N1CCN(c2ccc(N)cc2)CC1. The lowest BCUT2D eigenvalue weighted by Gasteiger charge is -2.35. The number of nitrogen functional groups attached to an aromatic ring is 1. The first-order chi connectivity index (χ1) is 9.06. The number of rotatable bonds is 2. The lowest BCUT2D eigenvalue weighted by Crippen LogP contribution is -2.49. The van der Waals surface area contributed by atoms with E-state index in [9.17, 15) is 4.79 Å². The third-order valence-corrected chi connectivity index (χ3v) is 3.13. The maximum atomic E-state index is 11.8. The first-order valence-corrected chi connectivity index (χ1v) is 6.62. The summed E-state index contributed by atoms with van der Waals surface area (Å²) in [5.74, 6) is 0. The van der Waals surface area contributed by atoms with Crippen molar-refractivity contribution in [3.63, 3.8) is 0 Å². The molecular weight excluding hydrogens is 242 g/mol. The molecule has 5 nitrogen and oxygen atoms in total. The minimum Gasteiger partial charge on any atom is -0.447 e. The van der Waals surface area contributed by atoms with Gasteiger partial charge in [0.1, 0.15) is 0 Å². The van der Waals surface area contributed by atoms with Crippen molar-refractivity contribution in [2.75, 3.05) is 36.8 Å². The molecule has 1 fully saturated rings. The van der Waals surface area contributed by atoms with Gasteiger partial charge in [-0.05, 0) is 38.1 Å². The fourth-order valence-corrected chi connectivity index (χ4v) is 2.11. The molecule has 0 spiro atoms. The summed E-state index contributed by atoms with van der Waals surface area (Å²) in [6.45, 7) is 6.74. The summed E-state index contributed by atoms with van der Waals surface area (Å²) in [6.07, 6.45) is -0.283. The van der Waals surface area contributed by atoms with Crippen LogP contribution in [0.1, 0.15) is 13.8 Å². The Balaban J connectivity index is 1.88. The number of ether oxygens (including phenoxy) is 1. The Morgan fingerprint density at radius 1 is 1.16 bits per heavy atom. The van der Waals surface area contributed by atoms with Gasteiger partial charge in [-0.1, -0.05) is 0 Å². The van der Waals surface area contributed by atoms with Gasteiger partial charge in [0.05, 0.1) is 6.10 Å². The lowest BCUT2D eigenvalue weighted by molar-refractivity contribution is 0.0751. The maximum absolute atomic E-state index is 11.8. The largest absolute Gasteiger partial charge is 0.447 e. The number of nitrogens with two attached hydrogens (primary N) is 1. The number of amides is 1. The average Bonchev–Trinajstić information content (AvgIpc) is 2.39. The monoisotopic (exact) mass is 263 g/mol. The molecular formula is C14H21N3O2. The first-order valence-electron chi connectivity index (χ1n) is 6.62. The van der Waals surface area contributed by atoms with E-state index in [0.29, 0.717) is 13.1 Å². The molecule has 1 aromatic rings. The van der Waals surface area contributed by atoms with E-state index in [2.05, 4.69) is 4.90 Å². The van der Waals surface area contributed by atoms with Gasteiger partial charge >= 0.3 is 6.09 Å². The van der Waals surface area contributed by atoms with Crippen LogP contribution in [0.2, 0.25) is 0 Å². The van der Waals surface area contributed by atoms with Crippen molar-refractivity contribution in [1.82, 2.24) is 4.90 Å². The molecule has 1 aliphatic heterocycles. The summed E-state index contributed by atoms with van der Waals surface area (Å²) in [4.78, 5) is 15.8. The van der Waals surface area contributed by atoms with Gasteiger partial charge in [0.25, 0.3) is 0 Å². The highest BCUT2D eigenvalue weighted by molar-refractivity contribution is 5.68. The maximum Gasteiger partial charge on any atom is 0.410 e. The molecule has 0 radical (unpaired) electrons. The molecule has 5 heteroatoms. The number of nitrogens with zero attached hydrogens (tertiary/aromatic N) is 2. The standard InChI is InChI=1S/C14H21N3O2/c1-11(2)19-14(18)17-9-7-16(8-10-17)13-5-3-12(15)4-6-13/h3-6,11H,7-10,15H2,1-2H3. The minimum atomic E-state index is -0.216. The van der Waals surface area contributed by atoms with Crippen LogP contribution >= 0.6 is 0 Å². The minimum absolute atomic E-state index is 0.0670. The van der Waals surface area contributed by atoms with Gasteiger partial charge < -0.3 is 20.3 Å². The van der Waals surface area contributed by atoms with Crippen molar-refractivity contribution in [3.8, 4) is 0 Å². The van der Waals surface area contributed by atoms with Crippen molar-refractivity contribution in [1.29, 1.82) is 0 Å². The van der Waals surface area contributed by atoms with E-state index in [1.165, 1.54) is 0 Å². The van der Waals surface area contributed by atoms with Gasteiger partial charge in [-0.15, -0.1) is 0 Å². The van der Waals surface area contributed by atoms with Crippen molar-refractivity contribution in [3.05, 3.63) is 24.3 Å². The molecule has 1 aliphatic rings. The number of carbonyl (C=O) groups excluding carboxylic acids is 1. The fourth-order valence-electron chi connectivity index (χ4n) is 2.11. The molecule has 1 amide bonds. The van der Waals surface area contributed by atoms with Crippen molar-refractivity contribution < 1.29 is 9.53 Å². The number of hydrogen-bond acceptors (Lipinski definition) is 4. The second kappa shape index (κ2) is 5.82. The quantitative estimate of drug-likeness (QED) is 0.828. The summed E-state index contributed by atoms with van der Waals surface area (Å²) in [5.41, 5.74) is 7.59. The summed E-state index contributed by atoms with van der Waals surface area (Å²) < 4.78 is 5.20. The Kier molecular flexibility index (Phi) is 4.14. The van der Waals surface area contributed by atoms with E-state index < -0.39 is 0 Å². The van der Waals surface area contributed by atoms with E-state index in [-0.39, 0.29) is 12.2 Å². The Bertz CT molecular complexity index is 423. The number of piperazine rings is 1. The van der Waals surface area contributed by atoms with E-state index >= 15 is 0 Å². The molecule has 2 N–H and O–H groups in total. The van der Waals surface area contributed by atoms with Crippen molar-refractivity contribution in [2.24, 2.45) is 0 Å². The number of anilines is 2. The van der Waals surface area contributed by atoms with Crippen LogP contribution < -0.4 is 10.6 Å². The second-order valence-electron chi connectivity index (χ2n) is 5.00. The molecule has 2 rings (SSSR count). The molecule has 19 heavy (non-hydrogen) atoms. The average molecular weight is 263 g/mol. The smallest absolute Gasteiger partial charge is 0.410 e. The number of benzene rings is 1. The topological polar surface area (TPSA) is 58.8 Å². The summed E-state index contributed by atoms with van der Waals surface area (Å²) in [7, 11) is 0. The van der Waals surface area contributed by atoms with Crippen LogP contribution in [-0.4, -0.2) is 43.3 Å². The zero-order valence-corrected chi connectivity index (χ0v) is 11.5.